The third kappa shape index (κ3) is 3.52. The van der Waals surface area contributed by atoms with Crippen molar-refractivity contribution in [1.29, 1.82) is 0 Å². The Hall–Kier alpha value is -0.990. The molecule has 2 aliphatic carbocycles. The van der Waals surface area contributed by atoms with Crippen molar-refractivity contribution < 1.29 is 35.3 Å². The normalized spacial score (nSPS) is 30.4. The summed E-state index contributed by atoms with van der Waals surface area (Å²) in [4.78, 5) is 10.9. The van der Waals surface area contributed by atoms with E-state index < -0.39 is 34.3 Å². The molecule has 0 spiro atoms. The molecular weight excluding hydrogens is 289 g/mol. The molecule has 0 aromatic heterocycles. The Morgan fingerprint density at radius 2 is 1.89 bits per heavy atom. The van der Waals surface area contributed by atoms with Gasteiger partial charge in [-0.1, -0.05) is 6.42 Å². The minimum atomic E-state index is -4.71. The van der Waals surface area contributed by atoms with Crippen LogP contribution in [-0.4, -0.2) is 32.6 Å². The molecule has 9 heteroatoms. The maximum Gasteiger partial charge on any atom is 0.524 e. The maximum absolute atomic E-state index is 11.8. The molecular formula is C10H13F3O5S. The summed E-state index contributed by atoms with van der Waals surface area (Å²) in [6, 6.07) is 0. The highest BCUT2D eigenvalue weighted by Crippen LogP contribution is 2.47. The Kier molecular flexibility index (Phi) is 3.67. The first-order valence-corrected chi connectivity index (χ1v) is 7.31. The first-order chi connectivity index (χ1) is 8.67. The molecule has 3 unspecified atom stereocenters. The van der Waals surface area contributed by atoms with Crippen molar-refractivity contribution in [3.05, 3.63) is 0 Å². The van der Waals surface area contributed by atoms with Gasteiger partial charge in [-0.25, -0.2) is 4.79 Å². The van der Waals surface area contributed by atoms with Crippen LogP contribution >= 0.6 is 0 Å². The number of ether oxygens (including phenoxy) is 1. The topological polar surface area (TPSA) is 69.7 Å². The van der Waals surface area contributed by atoms with Crippen molar-refractivity contribution in [2.24, 2.45) is 11.8 Å². The van der Waals surface area contributed by atoms with Crippen molar-refractivity contribution in [3.8, 4) is 0 Å². The predicted molar refractivity (Wildman–Crippen MR) is 56.6 cm³/mol. The predicted octanol–water partition coefficient (Wildman–Crippen LogP) is 2.22. The lowest BCUT2D eigenvalue weighted by Crippen LogP contribution is -2.31. The van der Waals surface area contributed by atoms with Crippen LogP contribution in [0.2, 0.25) is 0 Å². The van der Waals surface area contributed by atoms with Crippen LogP contribution < -0.4 is 0 Å². The summed E-state index contributed by atoms with van der Waals surface area (Å²) in [6.07, 6.45) is -3.66. The van der Waals surface area contributed by atoms with Crippen LogP contribution in [0.3, 0.4) is 0 Å². The lowest BCUT2D eigenvalue weighted by molar-refractivity contribution is -0.163. The van der Waals surface area contributed by atoms with E-state index in [0.717, 1.165) is 19.3 Å². The number of hydrogen-bond donors (Lipinski definition) is 0. The van der Waals surface area contributed by atoms with E-state index in [1.54, 1.807) is 0 Å². The quantitative estimate of drug-likeness (QED) is 0.590. The van der Waals surface area contributed by atoms with E-state index in [2.05, 4.69) is 8.92 Å². The van der Waals surface area contributed by atoms with Crippen LogP contribution in [0.5, 0.6) is 0 Å². The largest absolute Gasteiger partial charge is 0.524 e. The van der Waals surface area contributed by atoms with Gasteiger partial charge in [-0.15, -0.1) is 0 Å². The molecule has 0 aromatic carbocycles. The number of carbonyl (C=O) groups excluding carboxylic acids is 1. The molecule has 3 atom stereocenters. The number of hydrogen-bond acceptors (Lipinski definition) is 5. The van der Waals surface area contributed by atoms with Crippen LogP contribution in [0, 0.1) is 11.8 Å². The zero-order valence-electron chi connectivity index (χ0n) is 9.85. The summed E-state index contributed by atoms with van der Waals surface area (Å²) in [6.45, 7) is -1.86. The number of alkyl halides is 3. The summed E-state index contributed by atoms with van der Waals surface area (Å²) in [5.74, 6) is 0.241. The van der Waals surface area contributed by atoms with E-state index in [0.29, 0.717) is 12.3 Å². The molecule has 19 heavy (non-hydrogen) atoms. The van der Waals surface area contributed by atoms with Gasteiger partial charge in [-0.05, 0) is 31.1 Å². The summed E-state index contributed by atoms with van der Waals surface area (Å²) in [7, 11) is -4.20. The van der Waals surface area contributed by atoms with Crippen LogP contribution in [0.15, 0.2) is 0 Å². The first-order valence-electron chi connectivity index (χ1n) is 5.84. The highest BCUT2D eigenvalue weighted by Gasteiger charge is 2.48. The van der Waals surface area contributed by atoms with Crippen molar-refractivity contribution in [1.82, 2.24) is 0 Å². The molecule has 0 aliphatic heterocycles. The molecule has 0 aromatic rings. The van der Waals surface area contributed by atoms with Gasteiger partial charge in [0.05, 0.1) is 0 Å². The summed E-state index contributed by atoms with van der Waals surface area (Å²) in [5, 5.41) is -0.801. The van der Waals surface area contributed by atoms with Gasteiger partial charge < -0.3 is 8.92 Å². The van der Waals surface area contributed by atoms with Crippen molar-refractivity contribution in [2.45, 2.75) is 37.1 Å². The smallest absolute Gasteiger partial charge is 0.424 e. The Morgan fingerprint density at radius 1 is 1.21 bits per heavy atom. The van der Waals surface area contributed by atoms with E-state index in [9.17, 15) is 26.4 Å². The molecule has 2 saturated carbocycles. The molecule has 2 bridgehead atoms. The monoisotopic (exact) mass is 302 g/mol. The number of rotatable bonds is 3. The third-order valence-electron chi connectivity index (χ3n) is 3.58. The molecule has 2 rings (SSSR count). The molecule has 0 amide bonds. The molecule has 0 N–H and O–H groups in total. The summed E-state index contributed by atoms with van der Waals surface area (Å²) in [5.41, 5.74) is 0. The van der Waals surface area contributed by atoms with Gasteiger partial charge in [0.1, 0.15) is 5.25 Å². The van der Waals surface area contributed by atoms with Crippen LogP contribution in [0.1, 0.15) is 25.7 Å². The van der Waals surface area contributed by atoms with Gasteiger partial charge in [0.25, 0.3) is 0 Å². The van der Waals surface area contributed by atoms with Gasteiger partial charge in [-0.2, -0.15) is 21.6 Å². The molecule has 110 valence electrons. The Balaban J connectivity index is 1.89. The Labute approximate surface area is 108 Å². The second-order valence-electron chi connectivity index (χ2n) is 4.94. The average molecular weight is 302 g/mol. The lowest BCUT2D eigenvalue weighted by atomic mass is 10.0. The second kappa shape index (κ2) is 4.84. The Morgan fingerprint density at radius 3 is 2.37 bits per heavy atom. The Bertz CT molecular complexity index is 458. The summed E-state index contributed by atoms with van der Waals surface area (Å²) >= 11 is 0. The minimum Gasteiger partial charge on any atom is -0.424 e. The van der Waals surface area contributed by atoms with E-state index in [-0.39, 0.29) is 5.92 Å². The fraction of sp³-hybridized carbons (Fsp3) is 0.900. The minimum absolute atomic E-state index is 0.0644. The van der Waals surface area contributed by atoms with Crippen molar-refractivity contribution in [3.63, 3.8) is 0 Å². The number of carbonyl (C=O) groups is 1. The standard InChI is InChI=1S/C10H13F3O5S/c11-10(12,13)5-17-9(14)18-19(15,16)8-4-6-1-2-7(8)3-6/h6-8H,1-5H2. The highest BCUT2D eigenvalue weighted by atomic mass is 32.2. The fourth-order valence-corrected chi connectivity index (χ4v) is 4.45. The van der Waals surface area contributed by atoms with Gasteiger partial charge in [0.2, 0.25) is 0 Å². The molecule has 2 fully saturated rings. The second-order valence-corrected chi connectivity index (χ2v) is 6.70. The van der Waals surface area contributed by atoms with Crippen LogP contribution in [0.25, 0.3) is 0 Å². The zero-order valence-corrected chi connectivity index (χ0v) is 10.7. The number of halogens is 3. The van der Waals surface area contributed by atoms with E-state index in [4.69, 9.17) is 0 Å². The molecule has 5 nitrogen and oxygen atoms in total. The highest BCUT2D eigenvalue weighted by molar-refractivity contribution is 7.87. The van der Waals surface area contributed by atoms with E-state index in [1.807, 2.05) is 0 Å². The number of fused-ring (bicyclic) bond motifs is 2. The van der Waals surface area contributed by atoms with E-state index >= 15 is 0 Å². The fourth-order valence-electron chi connectivity index (χ4n) is 2.86. The SMILES string of the molecule is O=C(OCC(F)(F)F)OS(=O)(=O)C1CC2CCC1C2. The van der Waals surface area contributed by atoms with Gasteiger partial charge in [-0.3, -0.25) is 0 Å². The third-order valence-corrected chi connectivity index (χ3v) is 5.27. The molecule has 0 saturated heterocycles. The van der Waals surface area contributed by atoms with Crippen LogP contribution in [-0.2, 0) is 19.0 Å². The average Bonchev–Trinajstić information content (AvgIpc) is 2.86. The van der Waals surface area contributed by atoms with Gasteiger partial charge in [0.15, 0.2) is 6.61 Å². The lowest BCUT2D eigenvalue weighted by Gasteiger charge is -2.20. The van der Waals surface area contributed by atoms with Crippen LogP contribution in [0.4, 0.5) is 18.0 Å². The molecule has 2 aliphatic rings. The van der Waals surface area contributed by atoms with Crippen molar-refractivity contribution in [2.75, 3.05) is 6.61 Å². The maximum atomic E-state index is 11.8. The van der Waals surface area contributed by atoms with Crippen molar-refractivity contribution >= 4 is 16.3 Å². The molecule has 0 radical (unpaired) electrons. The summed E-state index contributed by atoms with van der Waals surface area (Å²) < 4.78 is 66.7. The zero-order chi connectivity index (χ0) is 14.3. The van der Waals surface area contributed by atoms with Gasteiger partial charge >= 0.3 is 22.4 Å². The molecule has 0 heterocycles. The first kappa shape index (κ1) is 14.4. The van der Waals surface area contributed by atoms with E-state index in [1.165, 1.54) is 0 Å². The van der Waals surface area contributed by atoms with Gasteiger partial charge in [0, 0.05) is 0 Å².